The van der Waals surface area contributed by atoms with Crippen LogP contribution in [0.25, 0.3) is 10.9 Å². The molecule has 3 aromatic rings. The highest BCUT2D eigenvalue weighted by atomic mass is 79.9. The molecule has 0 bridgehead atoms. The molecule has 1 aromatic heterocycles. The Kier molecular flexibility index (Phi) is 3.08. The van der Waals surface area contributed by atoms with Gasteiger partial charge in [-0.25, -0.2) is 0 Å². The van der Waals surface area contributed by atoms with Crippen LogP contribution in [0.5, 0.6) is 0 Å². The molecule has 0 unspecified atom stereocenters. The standard InChI is InChI=1S/C20H17BrNO/c1-4-11-5-8-15-14(9-11)18(23)17-13-7-6-12(21)10-16(13)22-19(17)20(15,2)3/h6-10,22H,4H2,1-3H3. The lowest BCUT2D eigenvalue weighted by Gasteiger charge is -2.32. The molecule has 0 spiro atoms. The summed E-state index contributed by atoms with van der Waals surface area (Å²) in [5.41, 5.74) is 5.53. The molecule has 1 aliphatic rings. The highest BCUT2D eigenvalue weighted by Gasteiger charge is 2.39. The molecule has 3 heteroatoms. The van der Waals surface area contributed by atoms with Crippen LogP contribution in [0.1, 0.15) is 53.5 Å². The van der Waals surface area contributed by atoms with E-state index >= 15 is 0 Å². The number of benzene rings is 2. The van der Waals surface area contributed by atoms with Crippen molar-refractivity contribution in [2.45, 2.75) is 32.6 Å². The van der Waals surface area contributed by atoms with Gasteiger partial charge < -0.3 is 4.98 Å². The zero-order valence-corrected chi connectivity index (χ0v) is 15.0. The summed E-state index contributed by atoms with van der Waals surface area (Å²) < 4.78 is 1.01. The van der Waals surface area contributed by atoms with Crippen LogP contribution >= 0.6 is 15.9 Å². The van der Waals surface area contributed by atoms with Crippen molar-refractivity contribution in [3.05, 3.63) is 68.8 Å². The molecule has 1 aliphatic carbocycles. The normalized spacial score (nSPS) is 15.6. The van der Waals surface area contributed by atoms with Gasteiger partial charge in [0.2, 0.25) is 0 Å². The summed E-state index contributed by atoms with van der Waals surface area (Å²) in [6.45, 7) is 6.42. The Morgan fingerprint density at radius 2 is 2.04 bits per heavy atom. The van der Waals surface area contributed by atoms with Crippen molar-refractivity contribution in [3.63, 3.8) is 0 Å². The maximum Gasteiger partial charge on any atom is 0.195 e. The van der Waals surface area contributed by atoms with Gasteiger partial charge >= 0.3 is 0 Å². The lowest BCUT2D eigenvalue weighted by Crippen LogP contribution is -2.30. The van der Waals surface area contributed by atoms with Crippen LogP contribution in [0.3, 0.4) is 0 Å². The number of H-pyrrole nitrogens is 1. The Hall–Kier alpha value is -1.87. The molecule has 0 fully saturated rings. The van der Waals surface area contributed by atoms with Crippen molar-refractivity contribution in [1.82, 2.24) is 4.98 Å². The number of carbonyl (C=O) groups is 1. The third-order valence-corrected chi connectivity index (χ3v) is 5.42. The predicted molar refractivity (Wildman–Crippen MR) is 96.2 cm³/mol. The van der Waals surface area contributed by atoms with Gasteiger partial charge in [-0.05, 0) is 47.9 Å². The van der Waals surface area contributed by atoms with E-state index in [1.807, 2.05) is 30.3 Å². The second kappa shape index (κ2) is 4.81. The van der Waals surface area contributed by atoms with Crippen LogP contribution in [0, 0.1) is 6.07 Å². The Morgan fingerprint density at radius 1 is 1.26 bits per heavy atom. The third kappa shape index (κ3) is 1.96. The van der Waals surface area contributed by atoms with Crippen LogP contribution in [0.4, 0.5) is 0 Å². The van der Waals surface area contributed by atoms with E-state index in [-0.39, 0.29) is 11.2 Å². The number of ketones is 1. The lowest BCUT2D eigenvalue weighted by atomic mass is 9.71. The first-order valence-electron chi connectivity index (χ1n) is 7.85. The molecular weight excluding hydrogens is 350 g/mol. The molecule has 1 heterocycles. The molecule has 0 atom stereocenters. The van der Waals surface area contributed by atoms with Gasteiger partial charge in [0.05, 0.1) is 5.56 Å². The first-order chi connectivity index (χ1) is 10.9. The highest BCUT2D eigenvalue weighted by molar-refractivity contribution is 9.10. The fraction of sp³-hybridized carbons (Fsp3) is 0.250. The topological polar surface area (TPSA) is 32.9 Å². The molecule has 2 nitrogen and oxygen atoms in total. The Balaban J connectivity index is 2.07. The van der Waals surface area contributed by atoms with Crippen LogP contribution in [0.2, 0.25) is 0 Å². The molecule has 0 saturated heterocycles. The van der Waals surface area contributed by atoms with Gasteiger partial charge in [-0.3, -0.25) is 4.79 Å². The molecule has 0 amide bonds. The van der Waals surface area contributed by atoms with Crippen molar-refractivity contribution in [3.8, 4) is 0 Å². The van der Waals surface area contributed by atoms with E-state index in [1.54, 1.807) is 0 Å². The van der Waals surface area contributed by atoms with E-state index in [2.05, 4.69) is 47.8 Å². The largest absolute Gasteiger partial charge is 0.357 e. The quantitative estimate of drug-likeness (QED) is 0.633. The number of aromatic nitrogens is 1. The second-order valence-electron chi connectivity index (χ2n) is 6.66. The van der Waals surface area contributed by atoms with Gasteiger partial charge in [0, 0.05) is 32.0 Å². The monoisotopic (exact) mass is 366 g/mol. The van der Waals surface area contributed by atoms with Crippen molar-refractivity contribution in [1.29, 1.82) is 0 Å². The smallest absolute Gasteiger partial charge is 0.195 e. The number of carbonyl (C=O) groups excluding carboxylic acids is 1. The summed E-state index contributed by atoms with van der Waals surface area (Å²) in [4.78, 5) is 16.7. The maximum atomic E-state index is 13.2. The number of hydrogen-bond donors (Lipinski definition) is 1. The summed E-state index contributed by atoms with van der Waals surface area (Å²) in [6, 6.07) is 13.4. The number of aryl methyl sites for hydroxylation is 1. The first-order valence-corrected chi connectivity index (χ1v) is 8.64. The summed E-state index contributed by atoms with van der Waals surface area (Å²) in [5, 5.41) is 0.998. The number of fused-ring (bicyclic) bond motifs is 4. The molecule has 1 radical (unpaired) electrons. The summed E-state index contributed by atoms with van der Waals surface area (Å²) >= 11 is 3.51. The first kappa shape index (κ1) is 14.7. The average Bonchev–Trinajstić information content (AvgIpc) is 2.92. The molecule has 2 aromatic carbocycles. The van der Waals surface area contributed by atoms with Crippen LogP contribution in [-0.2, 0) is 11.8 Å². The summed E-state index contributed by atoms with van der Waals surface area (Å²) in [7, 11) is 0. The molecule has 1 N–H and O–H groups in total. The van der Waals surface area contributed by atoms with Crippen molar-refractivity contribution < 1.29 is 4.79 Å². The van der Waals surface area contributed by atoms with Gasteiger partial charge in [-0.15, -0.1) is 0 Å². The number of rotatable bonds is 1. The fourth-order valence-electron chi connectivity index (χ4n) is 3.59. The van der Waals surface area contributed by atoms with Gasteiger partial charge in [0.15, 0.2) is 5.78 Å². The molecule has 115 valence electrons. The number of nitrogens with one attached hydrogen (secondary N) is 1. The molecule has 23 heavy (non-hydrogen) atoms. The fourth-order valence-corrected chi connectivity index (χ4v) is 3.95. The minimum Gasteiger partial charge on any atom is -0.357 e. The van der Waals surface area contributed by atoms with E-state index in [0.29, 0.717) is 0 Å². The van der Waals surface area contributed by atoms with Gasteiger partial charge in [0.25, 0.3) is 0 Å². The van der Waals surface area contributed by atoms with E-state index < -0.39 is 0 Å². The predicted octanol–water partition coefficient (Wildman–Crippen LogP) is 5.16. The van der Waals surface area contributed by atoms with Crippen molar-refractivity contribution in [2.24, 2.45) is 0 Å². The SMILES string of the molecule is CCc1[c]cc2c(c1)C(=O)c1c([nH]c3cc(Br)ccc13)C2(C)C. The number of aromatic amines is 1. The minimum atomic E-state index is -0.243. The molecule has 0 aliphatic heterocycles. The minimum absolute atomic E-state index is 0.117. The Bertz CT molecular complexity index is 965. The second-order valence-corrected chi connectivity index (χ2v) is 7.57. The third-order valence-electron chi connectivity index (χ3n) is 4.92. The molecular formula is C20H17BrNO. The van der Waals surface area contributed by atoms with E-state index in [1.165, 1.54) is 0 Å². The van der Waals surface area contributed by atoms with Gasteiger partial charge in [-0.1, -0.05) is 42.8 Å². The van der Waals surface area contributed by atoms with E-state index in [4.69, 9.17) is 0 Å². The van der Waals surface area contributed by atoms with Gasteiger partial charge in [-0.2, -0.15) is 0 Å². The Labute approximate surface area is 144 Å². The zero-order valence-electron chi connectivity index (χ0n) is 13.4. The number of halogens is 1. The Morgan fingerprint density at radius 3 is 2.78 bits per heavy atom. The van der Waals surface area contributed by atoms with Crippen molar-refractivity contribution >= 4 is 32.6 Å². The van der Waals surface area contributed by atoms with Crippen molar-refractivity contribution in [2.75, 3.05) is 0 Å². The average molecular weight is 367 g/mol. The summed E-state index contributed by atoms with van der Waals surface area (Å²) in [6.07, 6.45) is 0.884. The van der Waals surface area contributed by atoms with Crippen LogP contribution < -0.4 is 0 Å². The van der Waals surface area contributed by atoms with Crippen LogP contribution in [0.15, 0.2) is 34.8 Å². The zero-order chi connectivity index (χ0) is 16.4. The summed E-state index contributed by atoms with van der Waals surface area (Å²) in [5.74, 6) is 0.117. The van der Waals surface area contributed by atoms with Crippen LogP contribution in [-0.4, -0.2) is 10.8 Å². The number of hydrogen-bond acceptors (Lipinski definition) is 1. The lowest BCUT2D eigenvalue weighted by molar-refractivity contribution is 0.103. The highest BCUT2D eigenvalue weighted by Crippen LogP contribution is 2.44. The maximum absolute atomic E-state index is 13.2. The van der Waals surface area contributed by atoms with Gasteiger partial charge in [0.1, 0.15) is 0 Å². The molecule has 0 saturated carbocycles. The molecule has 4 rings (SSSR count). The van der Waals surface area contributed by atoms with E-state index in [9.17, 15) is 4.79 Å². The van der Waals surface area contributed by atoms with E-state index in [0.717, 1.165) is 49.7 Å².